The van der Waals surface area contributed by atoms with Crippen molar-refractivity contribution in [3.8, 4) is 0 Å². The van der Waals surface area contributed by atoms with Crippen molar-refractivity contribution in [3.63, 3.8) is 0 Å². The Morgan fingerprint density at radius 3 is 2.79 bits per heavy atom. The maximum atomic E-state index is 12.1. The third-order valence-electron chi connectivity index (χ3n) is 3.07. The maximum Gasteiger partial charge on any atom is 0.274 e. The lowest BCUT2D eigenvalue weighted by Gasteiger charge is -2.34. The molecule has 19 heavy (non-hydrogen) atoms. The predicted octanol–water partition coefficient (Wildman–Crippen LogP) is 0.845. The number of ether oxygens (including phenoxy) is 1. The topological polar surface area (TPSA) is 80.6 Å². The molecule has 108 valence electrons. The summed E-state index contributed by atoms with van der Waals surface area (Å²) in [5.41, 5.74) is 0. The minimum atomic E-state index is -3.56. The van der Waals surface area contributed by atoms with Crippen LogP contribution in [0.25, 0.3) is 0 Å². The molecule has 0 unspecified atom stereocenters. The van der Waals surface area contributed by atoms with Gasteiger partial charge in [-0.2, -0.15) is 0 Å². The molecule has 1 saturated carbocycles. The van der Waals surface area contributed by atoms with Gasteiger partial charge in [0, 0.05) is 12.6 Å². The first-order valence-corrected chi connectivity index (χ1v) is 7.90. The smallest absolute Gasteiger partial charge is 0.274 e. The van der Waals surface area contributed by atoms with Crippen molar-refractivity contribution in [2.24, 2.45) is 0 Å². The Morgan fingerprint density at radius 2 is 2.16 bits per heavy atom. The highest BCUT2D eigenvalue weighted by Crippen LogP contribution is 2.25. The van der Waals surface area contributed by atoms with Crippen molar-refractivity contribution in [2.75, 3.05) is 13.7 Å². The number of nitrogens with one attached hydrogen (secondary N) is 2. The van der Waals surface area contributed by atoms with Crippen molar-refractivity contribution in [2.45, 2.75) is 43.5 Å². The lowest BCUT2D eigenvalue weighted by molar-refractivity contribution is -0.00483. The van der Waals surface area contributed by atoms with Crippen LogP contribution in [-0.2, 0) is 21.3 Å². The Balaban J connectivity index is 1.91. The first kappa shape index (κ1) is 14.5. The summed E-state index contributed by atoms with van der Waals surface area (Å²) in [5.74, 6) is 0.601. The van der Waals surface area contributed by atoms with Crippen LogP contribution in [0.5, 0.6) is 0 Å². The minimum absolute atomic E-state index is 0.0300. The average molecular weight is 288 g/mol. The number of rotatable bonds is 7. The average Bonchev–Trinajstić information content (AvgIpc) is 2.76. The van der Waals surface area contributed by atoms with Gasteiger partial charge in [-0.1, -0.05) is 0 Å². The first-order chi connectivity index (χ1) is 9.05. The largest absolute Gasteiger partial charge is 0.447 e. The molecule has 0 saturated heterocycles. The number of hydrogen-bond acceptors (Lipinski definition) is 5. The molecule has 7 heteroatoms. The summed E-state index contributed by atoms with van der Waals surface area (Å²) in [4.78, 5) is 0. The van der Waals surface area contributed by atoms with E-state index >= 15 is 0 Å². The maximum absolute atomic E-state index is 12.1. The van der Waals surface area contributed by atoms with Gasteiger partial charge in [-0.15, -0.1) is 0 Å². The fourth-order valence-corrected chi connectivity index (χ4v) is 3.29. The molecule has 0 aliphatic heterocycles. The normalized spacial score (nSPS) is 23.3. The van der Waals surface area contributed by atoms with E-state index in [1.165, 1.54) is 6.07 Å². The molecule has 1 aliphatic carbocycles. The predicted molar refractivity (Wildman–Crippen MR) is 70.2 cm³/mol. The molecule has 0 atom stereocenters. The zero-order valence-electron chi connectivity index (χ0n) is 11.2. The van der Waals surface area contributed by atoms with Gasteiger partial charge in [0.05, 0.1) is 12.6 Å². The van der Waals surface area contributed by atoms with Gasteiger partial charge in [0.2, 0.25) is 5.09 Å². The van der Waals surface area contributed by atoms with Crippen molar-refractivity contribution in [1.82, 2.24) is 10.0 Å². The fraction of sp³-hybridized carbons (Fsp3) is 0.667. The van der Waals surface area contributed by atoms with Crippen LogP contribution in [0.3, 0.4) is 0 Å². The molecule has 0 aromatic carbocycles. The molecule has 0 amide bonds. The summed E-state index contributed by atoms with van der Waals surface area (Å²) in [6.07, 6.45) is 1.61. The van der Waals surface area contributed by atoms with Crippen LogP contribution in [0.15, 0.2) is 21.6 Å². The highest BCUT2D eigenvalue weighted by molar-refractivity contribution is 7.89. The Labute approximate surface area is 113 Å². The van der Waals surface area contributed by atoms with Crippen LogP contribution in [-0.4, -0.2) is 34.2 Å². The summed E-state index contributed by atoms with van der Waals surface area (Å²) in [6, 6.07) is 3.09. The molecule has 2 N–H and O–H groups in total. The second kappa shape index (κ2) is 6.04. The summed E-state index contributed by atoms with van der Waals surface area (Å²) in [7, 11) is -1.78. The Bertz CT molecular complexity index is 506. The summed E-state index contributed by atoms with van der Waals surface area (Å²) >= 11 is 0. The molecular weight excluding hydrogens is 268 g/mol. The van der Waals surface area contributed by atoms with Gasteiger partial charge >= 0.3 is 0 Å². The molecule has 0 spiro atoms. The molecule has 0 bridgehead atoms. The molecule has 1 fully saturated rings. The Hall–Kier alpha value is -0.890. The summed E-state index contributed by atoms with van der Waals surface area (Å²) in [6.45, 7) is 3.10. The SMILES string of the molecule is CCOC1CC(NS(=O)(=O)c2ccc(CNC)o2)C1. The molecule has 1 aliphatic rings. The van der Waals surface area contributed by atoms with E-state index in [-0.39, 0.29) is 17.2 Å². The second-order valence-electron chi connectivity index (χ2n) is 4.62. The van der Waals surface area contributed by atoms with E-state index in [0.717, 1.165) is 12.8 Å². The zero-order valence-corrected chi connectivity index (χ0v) is 12.0. The van der Waals surface area contributed by atoms with Gasteiger partial charge in [-0.3, -0.25) is 0 Å². The summed E-state index contributed by atoms with van der Waals surface area (Å²) in [5, 5.41) is 2.88. The molecule has 1 aromatic heterocycles. The van der Waals surface area contributed by atoms with Crippen molar-refractivity contribution in [3.05, 3.63) is 17.9 Å². The van der Waals surface area contributed by atoms with Crippen molar-refractivity contribution >= 4 is 10.0 Å². The lowest BCUT2D eigenvalue weighted by atomic mass is 9.90. The standard InChI is InChI=1S/C12H20N2O4S/c1-3-17-11-6-9(7-11)14-19(15,16)12-5-4-10(18-12)8-13-2/h4-5,9,11,13-14H,3,6-8H2,1-2H3. The van der Waals surface area contributed by atoms with Gasteiger partial charge < -0.3 is 14.5 Å². The molecule has 1 heterocycles. The highest BCUT2D eigenvalue weighted by Gasteiger charge is 2.34. The highest BCUT2D eigenvalue weighted by atomic mass is 32.2. The van der Waals surface area contributed by atoms with E-state index < -0.39 is 10.0 Å². The van der Waals surface area contributed by atoms with Crippen LogP contribution >= 0.6 is 0 Å². The van der Waals surface area contributed by atoms with E-state index in [1.54, 1.807) is 13.1 Å². The third kappa shape index (κ3) is 3.56. The fourth-order valence-electron chi connectivity index (χ4n) is 2.08. The van der Waals surface area contributed by atoms with E-state index in [4.69, 9.17) is 9.15 Å². The van der Waals surface area contributed by atoms with Crippen LogP contribution in [0, 0.1) is 0 Å². The minimum Gasteiger partial charge on any atom is -0.447 e. The Kier molecular flexibility index (Phi) is 4.62. The van der Waals surface area contributed by atoms with E-state index in [2.05, 4.69) is 10.0 Å². The van der Waals surface area contributed by atoms with E-state index in [9.17, 15) is 8.42 Å². The second-order valence-corrected chi connectivity index (χ2v) is 6.26. The number of sulfonamides is 1. The Morgan fingerprint density at radius 1 is 1.42 bits per heavy atom. The van der Waals surface area contributed by atoms with Crippen molar-refractivity contribution in [1.29, 1.82) is 0 Å². The summed E-state index contributed by atoms with van der Waals surface area (Å²) < 4.78 is 37.4. The molecule has 1 aromatic rings. The number of furan rings is 1. The van der Waals surface area contributed by atoms with Gasteiger partial charge in [-0.25, -0.2) is 13.1 Å². The molecule has 2 rings (SSSR count). The van der Waals surface area contributed by atoms with Gasteiger partial charge in [0.1, 0.15) is 5.76 Å². The lowest BCUT2D eigenvalue weighted by Crippen LogP contribution is -2.47. The van der Waals surface area contributed by atoms with E-state index in [0.29, 0.717) is 18.9 Å². The van der Waals surface area contributed by atoms with Gasteiger partial charge in [0.25, 0.3) is 10.0 Å². The van der Waals surface area contributed by atoms with Crippen LogP contribution in [0.2, 0.25) is 0 Å². The van der Waals surface area contributed by atoms with Crippen LogP contribution in [0.4, 0.5) is 0 Å². The quantitative estimate of drug-likeness (QED) is 0.777. The third-order valence-corrected chi connectivity index (χ3v) is 4.46. The zero-order chi connectivity index (χ0) is 13.9. The van der Waals surface area contributed by atoms with Gasteiger partial charge in [-0.05, 0) is 38.9 Å². The molecule has 6 nitrogen and oxygen atoms in total. The van der Waals surface area contributed by atoms with Crippen LogP contribution in [0.1, 0.15) is 25.5 Å². The van der Waals surface area contributed by atoms with Crippen LogP contribution < -0.4 is 10.0 Å². The monoisotopic (exact) mass is 288 g/mol. The van der Waals surface area contributed by atoms with E-state index in [1.807, 2.05) is 6.92 Å². The van der Waals surface area contributed by atoms with Crippen molar-refractivity contribution < 1.29 is 17.6 Å². The first-order valence-electron chi connectivity index (χ1n) is 6.42. The number of hydrogen-bond donors (Lipinski definition) is 2. The molecule has 0 radical (unpaired) electrons. The molecular formula is C12H20N2O4S. The van der Waals surface area contributed by atoms with Gasteiger partial charge in [0.15, 0.2) is 0 Å².